The van der Waals surface area contributed by atoms with Gasteiger partial charge in [0.15, 0.2) is 5.69 Å². The molecule has 0 saturated carbocycles. The Bertz CT molecular complexity index is 869. The van der Waals surface area contributed by atoms with Gasteiger partial charge in [0.25, 0.3) is 0 Å². The van der Waals surface area contributed by atoms with Gasteiger partial charge in [-0.25, -0.2) is 14.0 Å². The molecule has 0 aliphatic rings. The highest BCUT2D eigenvalue weighted by Gasteiger charge is 2.18. The summed E-state index contributed by atoms with van der Waals surface area (Å²) in [4.78, 5) is 4.17. The highest BCUT2D eigenvalue weighted by Crippen LogP contribution is 2.18. The van der Waals surface area contributed by atoms with Crippen LogP contribution in [0.5, 0.6) is 0 Å². The molecule has 1 aromatic carbocycles. The molecule has 130 valence electrons. The molecule has 0 bridgehead atoms. The van der Waals surface area contributed by atoms with Crippen molar-refractivity contribution in [1.82, 2.24) is 20.6 Å². The van der Waals surface area contributed by atoms with E-state index in [2.05, 4.69) is 25.8 Å². The molecule has 25 heavy (non-hydrogen) atoms. The average molecular weight is 382 g/mol. The molecule has 0 saturated heterocycles. The van der Waals surface area contributed by atoms with Crippen LogP contribution in [0, 0.1) is 5.82 Å². The standard InChI is InChI=1S/C15H13ClFN5O2S/c16-10-5-9(1-2-11(10)17)6-12(20-23)15-13(21-24-22-15)7-18-8-14-19-3-4-25-14/h1-5,18,23H,6-8H2. The monoisotopic (exact) mass is 381 g/mol. The van der Waals surface area contributed by atoms with E-state index in [4.69, 9.17) is 16.2 Å². The van der Waals surface area contributed by atoms with Crippen molar-refractivity contribution in [2.75, 3.05) is 0 Å². The van der Waals surface area contributed by atoms with Crippen LogP contribution >= 0.6 is 22.9 Å². The van der Waals surface area contributed by atoms with Gasteiger partial charge in [-0.3, -0.25) is 0 Å². The lowest BCUT2D eigenvalue weighted by Gasteiger charge is -2.05. The zero-order valence-electron chi connectivity index (χ0n) is 12.8. The largest absolute Gasteiger partial charge is 0.411 e. The van der Waals surface area contributed by atoms with Gasteiger partial charge in [0.05, 0.1) is 5.02 Å². The van der Waals surface area contributed by atoms with Crippen LogP contribution in [0.4, 0.5) is 4.39 Å². The van der Waals surface area contributed by atoms with Crippen LogP contribution in [0.15, 0.2) is 39.6 Å². The number of oxime groups is 1. The SMILES string of the molecule is ON=C(Cc1ccc(F)c(Cl)c1)c1nonc1CNCc1nccs1. The first kappa shape index (κ1) is 17.5. The third-order valence-corrected chi connectivity index (χ3v) is 4.43. The predicted octanol–water partition coefficient (Wildman–Crippen LogP) is 3.03. The summed E-state index contributed by atoms with van der Waals surface area (Å²) in [5.74, 6) is -0.511. The van der Waals surface area contributed by atoms with Gasteiger partial charge in [0.1, 0.15) is 22.2 Å². The number of rotatable bonds is 7. The quantitative estimate of drug-likeness (QED) is 0.371. The van der Waals surface area contributed by atoms with E-state index in [-0.39, 0.29) is 17.2 Å². The Labute approximate surface area is 151 Å². The topological polar surface area (TPSA) is 96.4 Å². The summed E-state index contributed by atoms with van der Waals surface area (Å²) in [6.45, 7) is 0.935. The molecule has 0 aliphatic carbocycles. The second kappa shape index (κ2) is 8.15. The Hall–Kier alpha value is -2.36. The van der Waals surface area contributed by atoms with Gasteiger partial charge in [-0.05, 0) is 22.9 Å². The van der Waals surface area contributed by atoms with Crippen molar-refractivity contribution in [2.24, 2.45) is 5.16 Å². The third kappa shape index (κ3) is 4.38. The van der Waals surface area contributed by atoms with E-state index >= 15 is 0 Å². The van der Waals surface area contributed by atoms with Crippen molar-refractivity contribution in [3.8, 4) is 0 Å². The number of benzene rings is 1. The minimum absolute atomic E-state index is 0.00148. The fourth-order valence-electron chi connectivity index (χ4n) is 2.18. The Morgan fingerprint density at radius 2 is 2.24 bits per heavy atom. The Morgan fingerprint density at radius 1 is 1.36 bits per heavy atom. The van der Waals surface area contributed by atoms with E-state index in [1.54, 1.807) is 12.3 Å². The molecule has 0 fully saturated rings. The van der Waals surface area contributed by atoms with E-state index in [1.807, 2.05) is 5.38 Å². The zero-order chi connectivity index (χ0) is 17.6. The van der Waals surface area contributed by atoms with E-state index < -0.39 is 5.82 Å². The number of hydrogen-bond acceptors (Lipinski definition) is 8. The molecule has 7 nitrogen and oxygen atoms in total. The van der Waals surface area contributed by atoms with Crippen LogP contribution in [0.2, 0.25) is 5.02 Å². The maximum atomic E-state index is 13.2. The van der Waals surface area contributed by atoms with Gasteiger partial charge in [0.2, 0.25) is 0 Å². The normalized spacial score (nSPS) is 11.8. The Kier molecular flexibility index (Phi) is 5.69. The van der Waals surface area contributed by atoms with Crippen molar-refractivity contribution in [3.63, 3.8) is 0 Å². The van der Waals surface area contributed by atoms with Crippen LogP contribution in [0.3, 0.4) is 0 Å². The van der Waals surface area contributed by atoms with Gasteiger partial charge in [-0.2, -0.15) is 0 Å². The number of halogens is 2. The lowest BCUT2D eigenvalue weighted by molar-refractivity contribution is 0.300. The van der Waals surface area contributed by atoms with Gasteiger partial charge in [-0.15, -0.1) is 11.3 Å². The maximum absolute atomic E-state index is 13.2. The first-order valence-electron chi connectivity index (χ1n) is 7.23. The first-order chi connectivity index (χ1) is 12.2. The van der Waals surface area contributed by atoms with Crippen LogP contribution in [-0.4, -0.2) is 26.2 Å². The summed E-state index contributed by atoms with van der Waals surface area (Å²) in [5.41, 5.74) is 1.74. The predicted molar refractivity (Wildman–Crippen MR) is 90.4 cm³/mol. The molecule has 0 spiro atoms. The molecule has 3 rings (SSSR count). The minimum atomic E-state index is -0.511. The molecule has 0 unspecified atom stereocenters. The van der Waals surface area contributed by atoms with Crippen LogP contribution < -0.4 is 5.32 Å². The molecule has 2 N–H and O–H groups in total. The second-order valence-electron chi connectivity index (χ2n) is 5.06. The Morgan fingerprint density at radius 3 is 2.96 bits per heavy atom. The molecule has 2 heterocycles. The van der Waals surface area contributed by atoms with Gasteiger partial charge < -0.3 is 10.5 Å². The van der Waals surface area contributed by atoms with E-state index in [9.17, 15) is 9.60 Å². The molecule has 2 aromatic heterocycles. The van der Waals surface area contributed by atoms with Crippen LogP contribution in [0.25, 0.3) is 0 Å². The summed E-state index contributed by atoms with van der Waals surface area (Å²) in [5, 5.41) is 26.2. The number of hydrogen-bond donors (Lipinski definition) is 2. The number of nitrogens with zero attached hydrogens (tertiary/aromatic N) is 4. The fourth-order valence-corrected chi connectivity index (χ4v) is 2.97. The molecule has 3 aromatic rings. The molecule has 0 amide bonds. The molecule has 0 aliphatic heterocycles. The summed E-state index contributed by atoms with van der Waals surface area (Å²) < 4.78 is 18.0. The first-order valence-corrected chi connectivity index (χ1v) is 8.49. The molecular weight excluding hydrogens is 369 g/mol. The van der Waals surface area contributed by atoms with E-state index in [0.717, 1.165) is 5.01 Å². The number of thiazole rings is 1. The average Bonchev–Trinajstić information content (AvgIpc) is 3.28. The van der Waals surface area contributed by atoms with Crippen molar-refractivity contribution < 1.29 is 14.2 Å². The molecular formula is C15H13ClFN5O2S. The minimum Gasteiger partial charge on any atom is -0.411 e. The van der Waals surface area contributed by atoms with Crippen molar-refractivity contribution in [1.29, 1.82) is 0 Å². The third-order valence-electron chi connectivity index (χ3n) is 3.36. The molecule has 0 radical (unpaired) electrons. The lowest BCUT2D eigenvalue weighted by Crippen LogP contribution is -2.17. The summed E-state index contributed by atoms with van der Waals surface area (Å²) >= 11 is 7.31. The second-order valence-corrected chi connectivity index (χ2v) is 6.45. The lowest BCUT2D eigenvalue weighted by atomic mass is 10.1. The van der Waals surface area contributed by atoms with Gasteiger partial charge in [0, 0.05) is 31.1 Å². The zero-order valence-corrected chi connectivity index (χ0v) is 14.4. The van der Waals surface area contributed by atoms with Crippen molar-refractivity contribution in [2.45, 2.75) is 19.5 Å². The Balaban J connectivity index is 1.69. The van der Waals surface area contributed by atoms with Crippen molar-refractivity contribution >= 4 is 28.6 Å². The van der Waals surface area contributed by atoms with Gasteiger partial charge in [-0.1, -0.05) is 28.0 Å². The van der Waals surface area contributed by atoms with Gasteiger partial charge >= 0.3 is 0 Å². The van der Waals surface area contributed by atoms with Crippen LogP contribution in [-0.2, 0) is 19.5 Å². The highest BCUT2D eigenvalue weighted by molar-refractivity contribution is 7.09. The summed E-state index contributed by atoms with van der Waals surface area (Å²) in [6.07, 6.45) is 1.93. The number of aromatic nitrogens is 3. The van der Waals surface area contributed by atoms with Crippen LogP contribution in [0.1, 0.15) is 22.0 Å². The number of nitrogens with one attached hydrogen (secondary N) is 1. The highest BCUT2D eigenvalue weighted by atomic mass is 35.5. The van der Waals surface area contributed by atoms with E-state index in [1.165, 1.54) is 23.5 Å². The van der Waals surface area contributed by atoms with E-state index in [0.29, 0.717) is 30.0 Å². The molecule has 0 atom stereocenters. The molecule has 10 heteroatoms. The smallest absolute Gasteiger partial charge is 0.157 e. The fraction of sp³-hybridized carbons (Fsp3) is 0.200. The maximum Gasteiger partial charge on any atom is 0.157 e. The summed E-state index contributed by atoms with van der Waals surface area (Å²) in [6, 6.07) is 4.28. The van der Waals surface area contributed by atoms with Crippen molar-refractivity contribution in [3.05, 3.63) is 62.6 Å². The summed E-state index contributed by atoms with van der Waals surface area (Å²) in [7, 11) is 0.